The van der Waals surface area contributed by atoms with Gasteiger partial charge >= 0.3 is 0 Å². The summed E-state index contributed by atoms with van der Waals surface area (Å²) in [4.78, 5) is 10.7. The van der Waals surface area contributed by atoms with Gasteiger partial charge in [0.25, 0.3) is 0 Å². The van der Waals surface area contributed by atoms with Gasteiger partial charge in [-0.15, -0.1) is 0 Å². The minimum atomic E-state index is 0.320. The highest BCUT2D eigenvalue weighted by molar-refractivity contribution is 6.00. The molecule has 0 atom stereocenters. The van der Waals surface area contributed by atoms with Gasteiger partial charge in [0.15, 0.2) is 0 Å². The van der Waals surface area contributed by atoms with E-state index in [0.717, 1.165) is 23.0 Å². The normalized spacial score (nSPS) is 14.4. The summed E-state index contributed by atoms with van der Waals surface area (Å²) < 4.78 is 0. The topological polar surface area (TPSA) is 70.2 Å². The fraction of sp³-hybridized carbons (Fsp3) is 0.200. The number of carbonyl (C=O) groups excluding carboxylic acids is 1. The summed E-state index contributed by atoms with van der Waals surface area (Å²) in [5, 5.41) is 9.05. The smallest absolute Gasteiger partial charge is 0.150 e. The molecule has 0 fully saturated rings. The number of aryl methyl sites for hydroxylation is 1. The van der Waals surface area contributed by atoms with Gasteiger partial charge in [-0.3, -0.25) is 15.2 Å². The second kappa shape index (κ2) is 2.92. The molecular weight excluding hydrogens is 178 g/mol. The average molecular weight is 189 g/mol. The number of nitrogens with two attached hydrogens (primary N) is 1. The van der Waals surface area contributed by atoms with Crippen molar-refractivity contribution in [2.75, 3.05) is 0 Å². The molecule has 1 heterocycles. The van der Waals surface area contributed by atoms with Crippen molar-refractivity contribution in [2.45, 2.75) is 13.5 Å². The van der Waals surface area contributed by atoms with Crippen LogP contribution in [-0.2, 0) is 6.54 Å². The number of hydrazine groups is 1. The summed E-state index contributed by atoms with van der Waals surface area (Å²) in [5.74, 6) is 5.91. The molecule has 0 saturated carbocycles. The first kappa shape index (κ1) is 8.90. The molecule has 1 aromatic rings. The predicted octanol–water partition coefficient (Wildman–Crippen LogP) is 0.822. The lowest BCUT2D eigenvalue weighted by molar-refractivity contribution is 0.112. The van der Waals surface area contributed by atoms with Crippen molar-refractivity contribution < 1.29 is 4.79 Å². The van der Waals surface area contributed by atoms with Gasteiger partial charge in [-0.2, -0.15) is 0 Å². The molecule has 2 rings (SSSR count). The molecule has 0 amide bonds. The second-order valence-corrected chi connectivity index (χ2v) is 3.46. The largest absolute Gasteiger partial charge is 0.298 e. The second-order valence-electron chi connectivity index (χ2n) is 3.46. The highest BCUT2D eigenvalue weighted by atomic mass is 16.1. The Kier molecular flexibility index (Phi) is 1.86. The Morgan fingerprint density at radius 2 is 2.29 bits per heavy atom. The van der Waals surface area contributed by atoms with E-state index in [0.29, 0.717) is 17.9 Å². The van der Waals surface area contributed by atoms with Gasteiger partial charge in [0.2, 0.25) is 0 Å². The standard InChI is InChI=1S/C10H11N3O/c1-6-2-9-7(3-8(6)5-14)4-13(12)10(9)11/h2-3,5,11H,4,12H2,1H3. The molecule has 0 spiro atoms. The third-order valence-corrected chi connectivity index (χ3v) is 2.50. The fourth-order valence-electron chi connectivity index (χ4n) is 1.67. The molecule has 3 N–H and O–H groups in total. The molecule has 14 heavy (non-hydrogen) atoms. The number of rotatable bonds is 1. The number of hydrogen-bond acceptors (Lipinski definition) is 3. The van der Waals surface area contributed by atoms with E-state index in [1.165, 1.54) is 5.01 Å². The monoisotopic (exact) mass is 189 g/mol. The Morgan fingerprint density at radius 1 is 1.57 bits per heavy atom. The molecule has 72 valence electrons. The zero-order valence-corrected chi connectivity index (χ0v) is 7.87. The van der Waals surface area contributed by atoms with Gasteiger partial charge in [0.1, 0.15) is 12.1 Å². The van der Waals surface area contributed by atoms with Crippen molar-refractivity contribution in [1.82, 2.24) is 5.01 Å². The highest BCUT2D eigenvalue weighted by Crippen LogP contribution is 2.23. The number of hydrogen-bond donors (Lipinski definition) is 2. The number of aldehydes is 1. The zero-order valence-electron chi connectivity index (χ0n) is 7.87. The Bertz CT molecular complexity index is 426. The van der Waals surface area contributed by atoms with Crippen molar-refractivity contribution in [1.29, 1.82) is 5.41 Å². The van der Waals surface area contributed by atoms with Gasteiger partial charge in [0, 0.05) is 11.1 Å². The molecule has 4 nitrogen and oxygen atoms in total. The van der Waals surface area contributed by atoms with Crippen LogP contribution in [0.1, 0.15) is 27.0 Å². The number of benzene rings is 1. The summed E-state index contributed by atoms with van der Waals surface area (Å²) in [6.45, 7) is 2.37. The van der Waals surface area contributed by atoms with E-state index in [1.807, 2.05) is 13.0 Å². The van der Waals surface area contributed by atoms with Gasteiger partial charge in [-0.1, -0.05) is 0 Å². The Balaban J connectivity index is 2.60. The van der Waals surface area contributed by atoms with Crippen LogP contribution in [0.15, 0.2) is 12.1 Å². The minimum absolute atomic E-state index is 0.320. The molecule has 1 aromatic carbocycles. The van der Waals surface area contributed by atoms with Crippen molar-refractivity contribution in [3.05, 3.63) is 34.4 Å². The Labute approximate surface area is 81.8 Å². The van der Waals surface area contributed by atoms with Crippen molar-refractivity contribution in [2.24, 2.45) is 5.84 Å². The zero-order chi connectivity index (χ0) is 10.3. The van der Waals surface area contributed by atoms with E-state index in [9.17, 15) is 4.79 Å². The highest BCUT2D eigenvalue weighted by Gasteiger charge is 2.22. The van der Waals surface area contributed by atoms with Crippen LogP contribution in [0.25, 0.3) is 0 Å². The van der Waals surface area contributed by atoms with E-state index >= 15 is 0 Å². The van der Waals surface area contributed by atoms with Crippen LogP contribution in [0.5, 0.6) is 0 Å². The van der Waals surface area contributed by atoms with E-state index in [2.05, 4.69) is 0 Å². The summed E-state index contributed by atoms with van der Waals surface area (Å²) in [6, 6.07) is 3.65. The van der Waals surface area contributed by atoms with Crippen LogP contribution in [0, 0.1) is 12.3 Å². The summed E-state index contributed by atoms with van der Waals surface area (Å²) in [5.41, 5.74) is 3.34. The quantitative estimate of drug-likeness (QED) is 0.507. The number of nitrogens with zero attached hydrogens (tertiary/aromatic N) is 1. The molecule has 0 bridgehead atoms. The third kappa shape index (κ3) is 1.12. The van der Waals surface area contributed by atoms with Gasteiger partial charge in [-0.25, -0.2) is 5.84 Å². The Hall–Kier alpha value is -1.68. The minimum Gasteiger partial charge on any atom is -0.298 e. The molecule has 4 heteroatoms. The maximum atomic E-state index is 10.7. The number of amidine groups is 1. The lowest BCUT2D eigenvalue weighted by Crippen LogP contribution is -2.30. The van der Waals surface area contributed by atoms with E-state index in [4.69, 9.17) is 11.3 Å². The lowest BCUT2D eigenvalue weighted by Gasteiger charge is -2.07. The van der Waals surface area contributed by atoms with Crippen LogP contribution in [0.4, 0.5) is 0 Å². The summed E-state index contributed by atoms with van der Waals surface area (Å²) >= 11 is 0. The molecule has 1 aliphatic rings. The van der Waals surface area contributed by atoms with Gasteiger partial charge in [-0.05, 0) is 30.2 Å². The van der Waals surface area contributed by atoms with E-state index in [-0.39, 0.29) is 0 Å². The molecule has 0 aromatic heterocycles. The van der Waals surface area contributed by atoms with Crippen molar-refractivity contribution in [3.63, 3.8) is 0 Å². The first-order valence-corrected chi connectivity index (χ1v) is 4.33. The van der Waals surface area contributed by atoms with Crippen LogP contribution >= 0.6 is 0 Å². The lowest BCUT2D eigenvalue weighted by atomic mass is 10.0. The van der Waals surface area contributed by atoms with Crippen LogP contribution in [0.3, 0.4) is 0 Å². The van der Waals surface area contributed by atoms with Crippen molar-refractivity contribution in [3.8, 4) is 0 Å². The molecule has 0 unspecified atom stereocenters. The van der Waals surface area contributed by atoms with Crippen LogP contribution < -0.4 is 5.84 Å². The summed E-state index contributed by atoms with van der Waals surface area (Å²) in [6.07, 6.45) is 0.832. The molecule has 0 saturated heterocycles. The molecule has 1 aliphatic heterocycles. The van der Waals surface area contributed by atoms with Crippen molar-refractivity contribution >= 4 is 12.1 Å². The molecular formula is C10H11N3O. The number of nitrogens with one attached hydrogen (secondary N) is 1. The summed E-state index contributed by atoms with van der Waals surface area (Å²) in [7, 11) is 0. The van der Waals surface area contributed by atoms with E-state index < -0.39 is 0 Å². The fourth-order valence-corrected chi connectivity index (χ4v) is 1.67. The third-order valence-electron chi connectivity index (χ3n) is 2.50. The number of fused-ring (bicyclic) bond motifs is 1. The SMILES string of the molecule is Cc1cc2c(cc1C=O)CN(N)C2=N. The maximum Gasteiger partial charge on any atom is 0.150 e. The van der Waals surface area contributed by atoms with Gasteiger partial charge in [0.05, 0.1) is 6.54 Å². The van der Waals surface area contributed by atoms with E-state index in [1.54, 1.807) is 6.07 Å². The van der Waals surface area contributed by atoms with Crippen LogP contribution in [0.2, 0.25) is 0 Å². The van der Waals surface area contributed by atoms with Crippen LogP contribution in [-0.4, -0.2) is 17.1 Å². The first-order chi connectivity index (χ1) is 6.63. The average Bonchev–Trinajstić information content (AvgIpc) is 2.43. The number of carbonyl (C=O) groups is 1. The Morgan fingerprint density at radius 3 is 2.93 bits per heavy atom. The molecule has 0 aliphatic carbocycles. The first-order valence-electron chi connectivity index (χ1n) is 4.33. The predicted molar refractivity (Wildman–Crippen MR) is 53.1 cm³/mol. The molecule has 0 radical (unpaired) electrons. The van der Waals surface area contributed by atoms with Gasteiger partial charge < -0.3 is 0 Å². The maximum absolute atomic E-state index is 10.7.